The summed E-state index contributed by atoms with van der Waals surface area (Å²) in [6, 6.07) is 6.08. The van der Waals surface area contributed by atoms with E-state index in [1.54, 1.807) is 0 Å². The van der Waals surface area contributed by atoms with Gasteiger partial charge in [0.15, 0.2) is 0 Å². The van der Waals surface area contributed by atoms with Crippen molar-refractivity contribution in [1.29, 1.82) is 0 Å². The Morgan fingerprint density at radius 2 is 1.88 bits per heavy atom. The molecule has 0 aliphatic carbocycles. The smallest absolute Gasteiger partial charge is 0.242 e. The van der Waals surface area contributed by atoms with E-state index in [0.29, 0.717) is 6.54 Å². The Labute approximate surface area is 148 Å². The zero-order valence-corrected chi connectivity index (χ0v) is 15.0. The first-order valence-corrected chi connectivity index (χ1v) is 9.27. The van der Waals surface area contributed by atoms with Gasteiger partial charge in [-0.25, -0.2) is 0 Å². The van der Waals surface area contributed by atoms with Gasteiger partial charge in [-0.15, -0.1) is 0 Å². The van der Waals surface area contributed by atoms with Gasteiger partial charge in [-0.1, -0.05) is 11.6 Å². The molecule has 4 rings (SSSR count). The predicted molar refractivity (Wildman–Crippen MR) is 97.7 cm³/mol. The van der Waals surface area contributed by atoms with E-state index in [-0.39, 0.29) is 5.91 Å². The number of benzene rings is 1. The number of halogens is 1. The molecule has 0 bridgehead atoms. The summed E-state index contributed by atoms with van der Waals surface area (Å²) in [4.78, 5) is 17.1. The van der Waals surface area contributed by atoms with Crippen molar-refractivity contribution in [2.24, 2.45) is 0 Å². The average Bonchev–Trinajstić information content (AvgIpc) is 3.13. The van der Waals surface area contributed by atoms with Crippen molar-refractivity contribution in [3.63, 3.8) is 0 Å². The second-order valence-corrected chi connectivity index (χ2v) is 7.50. The van der Waals surface area contributed by atoms with E-state index in [1.165, 1.54) is 16.6 Å². The standard InChI is InChI=1S/C19H24ClN3O/c1-21-10-6-15-16-12-14(20)4-5-17(16)23(18(15)7-11-21)13-19(24)22-8-2-3-9-22/h4-5,12H,2-3,6-11,13H2,1H3. The average molecular weight is 346 g/mol. The van der Waals surface area contributed by atoms with Crippen LogP contribution in [0.15, 0.2) is 18.2 Å². The van der Waals surface area contributed by atoms with Crippen molar-refractivity contribution in [3.8, 4) is 0 Å². The molecule has 24 heavy (non-hydrogen) atoms. The van der Waals surface area contributed by atoms with E-state index >= 15 is 0 Å². The molecule has 4 nitrogen and oxygen atoms in total. The maximum Gasteiger partial charge on any atom is 0.242 e. The van der Waals surface area contributed by atoms with Crippen LogP contribution in [0.5, 0.6) is 0 Å². The van der Waals surface area contributed by atoms with Crippen molar-refractivity contribution < 1.29 is 4.79 Å². The van der Waals surface area contributed by atoms with Crippen LogP contribution in [-0.2, 0) is 24.2 Å². The highest BCUT2D eigenvalue weighted by atomic mass is 35.5. The number of carbonyl (C=O) groups is 1. The van der Waals surface area contributed by atoms with E-state index in [1.807, 2.05) is 11.0 Å². The van der Waals surface area contributed by atoms with Gasteiger partial charge in [-0.3, -0.25) is 4.79 Å². The number of carbonyl (C=O) groups excluding carboxylic acids is 1. The molecule has 1 saturated heterocycles. The van der Waals surface area contributed by atoms with Gasteiger partial charge in [0, 0.05) is 54.2 Å². The molecular weight excluding hydrogens is 322 g/mol. The Bertz CT molecular complexity index is 777. The fraction of sp³-hybridized carbons (Fsp3) is 0.526. The van der Waals surface area contributed by atoms with Crippen molar-refractivity contribution in [2.75, 3.05) is 33.2 Å². The summed E-state index contributed by atoms with van der Waals surface area (Å²) < 4.78 is 2.25. The van der Waals surface area contributed by atoms with Crippen LogP contribution in [0.1, 0.15) is 24.1 Å². The molecule has 0 unspecified atom stereocenters. The fourth-order valence-electron chi connectivity index (χ4n) is 4.11. The van der Waals surface area contributed by atoms with Crippen LogP contribution in [-0.4, -0.2) is 53.5 Å². The molecule has 1 amide bonds. The van der Waals surface area contributed by atoms with Gasteiger partial charge in [0.2, 0.25) is 5.91 Å². The summed E-state index contributed by atoms with van der Waals surface area (Å²) in [5.41, 5.74) is 3.86. The maximum absolute atomic E-state index is 12.7. The Morgan fingerprint density at radius 3 is 2.67 bits per heavy atom. The normalized spacial score (nSPS) is 18.8. The van der Waals surface area contributed by atoms with E-state index < -0.39 is 0 Å². The largest absolute Gasteiger partial charge is 0.341 e. The van der Waals surface area contributed by atoms with Gasteiger partial charge >= 0.3 is 0 Å². The first-order chi connectivity index (χ1) is 11.6. The molecular formula is C19H24ClN3O. The van der Waals surface area contributed by atoms with Crippen LogP contribution in [0.25, 0.3) is 10.9 Å². The Hall–Kier alpha value is -1.52. The number of nitrogens with zero attached hydrogens (tertiary/aromatic N) is 3. The van der Waals surface area contributed by atoms with E-state index in [0.717, 1.165) is 62.4 Å². The topological polar surface area (TPSA) is 28.5 Å². The quantitative estimate of drug-likeness (QED) is 0.837. The number of hydrogen-bond acceptors (Lipinski definition) is 2. The monoisotopic (exact) mass is 345 g/mol. The van der Waals surface area contributed by atoms with E-state index in [9.17, 15) is 4.79 Å². The highest BCUT2D eigenvalue weighted by Gasteiger charge is 2.24. The minimum Gasteiger partial charge on any atom is -0.341 e. The molecule has 2 aromatic rings. The van der Waals surface area contributed by atoms with Gasteiger partial charge < -0.3 is 14.4 Å². The predicted octanol–water partition coefficient (Wildman–Crippen LogP) is 2.95. The SMILES string of the molecule is CN1CCc2c(n(CC(=O)N3CCCC3)c3ccc(Cl)cc23)CC1. The molecule has 3 heterocycles. The van der Waals surface area contributed by atoms with Gasteiger partial charge in [-0.05, 0) is 50.1 Å². The number of amides is 1. The molecule has 2 aliphatic rings. The highest BCUT2D eigenvalue weighted by molar-refractivity contribution is 6.31. The van der Waals surface area contributed by atoms with Crippen LogP contribution in [0.3, 0.4) is 0 Å². The molecule has 1 aromatic carbocycles. The van der Waals surface area contributed by atoms with E-state index in [4.69, 9.17) is 11.6 Å². The summed E-state index contributed by atoms with van der Waals surface area (Å²) in [5, 5.41) is 1.99. The third-order valence-electron chi connectivity index (χ3n) is 5.47. The number of likely N-dealkylation sites (tertiary alicyclic amines) is 1. The van der Waals surface area contributed by atoms with Crippen molar-refractivity contribution in [3.05, 3.63) is 34.5 Å². The first-order valence-electron chi connectivity index (χ1n) is 8.89. The Morgan fingerprint density at radius 1 is 1.12 bits per heavy atom. The van der Waals surface area contributed by atoms with Gasteiger partial charge in [-0.2, -0.15) is 0 Å². The summed E-state index contributed by atoms with van der Waals surface area (Å²) in [6.45, 7) is 4.37. The second-order valence-electron chi connectivity index (χ2n) is 7.06. The molecule has 1 aromatic heterocycles. The lowest BCUT2D eigenvalue weighted by atomic mass is 10.1. The number of hydrogen-bond donors (Lipinski definition) is 0. The zero-order valence-electron chi connectivity index (χ0n) is 14.2. The Kier molecular flexibility index (Phi) is 4.27. The maximum atomic E-state index is 12.7. The zero-order chi connectivity index (χ0) is 16.7. The summed E-state index contributed by atoms with van der Waals surface area (Å²) in [6.07, 6.45) is 4.28. The highest BCUT2D eigenvalue weighted by Crippen LogP contribution is 2.31. The van der Waals surface area contributed by atoms with Crippen molar-refractivity contribution in [1.82, 2.24) is 14.4 Å². The third-order valence-corrected chi connectivity index (χ3v) is 5.71. The van der Waals surface area contributed by atoms with Crippen LogP contribution < -0.4 is 0 Å². The molecule has 0 saturated carbocycles. The summed E-state index contributed by atoms with van der Waals surface area (Å²) in [5.74, 6) is 0.250. The van der Waals surface area contributed by atoms with Crippen LogP contribution >= 0.6 is 11.6 Å². The van der Waals surface area contributed by atoms with Gasteiger partial charge in [0.05, 0.1) is 0 Å². The minimum absolute atomic E-state index is 0.250. The molecule has 2 aliphatic heterocycles. The lowest BCUT2D eigenvalue weighted by Gasteiger charge is -2.18. The third kappa shape index (κ3) is 2.82. The van der Waals surface area contributed by atoms with Gasteiger partial charge in [0.1, 0.15) is 6.54 Å². The second kappa shape index (κ2) is 6.41. The van der Waals surface area contributed by atoms with Crippen molar-refractivity contribution >= 4 is 28.4 Å². The molecule has 0 atom stereocenters. The molecule has 128 valence electrons. The molecule has 0 N–H and O–H groups in total. The Balaban J connectivity index is 1.77. The molecule has 1 fully saturated rings. The summed E-state index contributed by atoms with van der Waals surface area (Å²) in [7, 11) is 2.17. The van der Waals surface area contributed by atoms with Crippen molar-refractivity contribution in [2.45, 2.75) is 32.2 Å². The van der Waals surface area contributed by atoms with Gasteiger partial charge in [0.25, 0.3) is 0 Å². The van der Waals surface area contributed by atoms with Crippen LogP contribution in [0, 0.1) is 0 Å². The van der Waals surface area contributed by atoms with E-state index in [2.05, 4.69) is 28.6 Å². The van der Waals surface area contributed by atoms with Crippen LogP contribution in [0.4, 0.5) is 0 Å². The number of rotatable bonds is 2. The lowest BCUT2D eigenvalue weighted by Crippen LogP contribution is -2.31. The van der Waals surface area contributed by atoms with Crippen LogP contribution in [0.2, 0.25) is 5.02 Å². The number of likely N-dealkylation sites (N-methyl/N-ethyl adjacent to an activating group) is 1. The first kappa shape index (κ1) is 16.0. The molecule has 0 radical (unpaired) electrons. The molecule has 0 spiro atoms. The summed E-state index contributed by atoms with van der Waals surface area (Å²) >= 11 is 6.25. The minimum atomic E-state index is 0.250. The number of aromatic nitrogens is 1. The molecule has 5 heteroatoms. The lowest BCUT2D eigenvalue weighted by molar-refractivity contribution is -0.130. The fourth-order valence-corrected chi connectivity index (χ4v) is 4.28. The number of fused-ring (bicyclic) bond motifs is 3.